The molecule has 2 aliphatic rings. The molecular weight excluding hydrogens is 638 g/mol. The molecule has 0 aliphatic carbocycles. The van der Waals surface area contributed by atoms with Gasteiger partial charge in [-0.15, -0.1) is 0 Å². The number of ether oxygens (including phenoxy) is 3. The van der Waals surface area contributed by atoms with Gasteiger partial charge in [0.15, 0.2) is 0 Å². The molecule has 3 aromatic rings. The number of benzene rings is 3. The molecule has 0 spiro atoms. The van der Waals surface area contributed by atoms with Crippen LogP contribution < -0.4 is 15.4 Å². The minimum Gasteiger partial charge on any atom is -0.496 e. The van der Waals surface area contributed by atoms with E-state index >= 15 is 4.39 Å². The summed E-state index contributed by atoms with van der Waals surface area (Å²) in [5.74, 6) is -2.39. The van der Waals surface area contributed by atoms with Crippen LogP contribution in [0.25, 0.3) is 22.3 Å². The number of halogens is 3. The first-order chi connectivity index (χ1) is 22.0. The average Bonchev–Trinajstić information content (AvgIpc) is 3.05. The number of amides is 4. The van der Waals surface area contributed by atoms with Crippen LogP contribution in [0.5, 0.6) is 5.75 Å². The summed E-state index contributed by atoms with van der Waals surface area (Å²) in [6, 6.07) is 13.0. The highest BCUT2D eigenvalue weighted by molar-refractivity contribution is 6.39. The number of rotatable bonds is 9. The predicted molar refractivity (Wildman–Crippen MR) is 174 cm³/mol. The Bertz CT molecular complexity index is 1660. The standard InChI is InChI=1S/C33H35Cl2FN4O6/c1-39-16-23(32(42)40(2)33(39)43)31(41)38-26-10-6-9-21(30(26)35)20-8-5-7-19(29(20)34)18-13-24(36)22(27(14-18)44-3)15-37-25-11-12-46-17-28(25)45-4/h5-10,13-14,23,25,28,37H,11-12,15-17H2,1-4H3,(H,38,41)/t23?,25-,28+/m0/s1. The molecule has 0 bridgehead atoms. The Morgan fingerprint density at radius 1 is 1.04 bits per heavy atom. The number of anilines is 1. The fraction of sp³-hybridized carbons (Fsp3) is 0.364. The van der Waals surface area contributed by atoms with Gasteiger partial charge in [-0.25, -0.2) is 9.18 Å². The maximum absolute atomic E-state index is 15.6. The van der Waals surface area contributed by atoms with Gasteiger partial charge in [-0.05, 0) is 30.2 Å². The van der Waals surface area contributed by atoms with Crippen LogP contribution in [0.4, 0.5) is 14.9 Å². The molecule has 2 heterocycles. The van der Waals surface area contributed by atoms with Gasteiger partial charge in [0.25, 0.3) is 0 Å². The first kappa shape index (κ1) is 33.6. The Kier molecular flexibility index (Phi) is 10.5. The maximum atomic E-state index is 15.6. The normalized spacial score (nSPS) is 20.2. The Morgan fingerprint density at radius 2 is 1.74 bits per heavy atom. The zero-order valence-corrected chi connectivity index (χ0v) is 27.4. The van der Waals surface area contributed by atoms with E-state index in [1.807, 2.05) is 0 Å². The first-order valence-electron chi connectivity index (χ1n) is 14.7. The van der Waals surface area contributed by atoms with Crippen LogP contribution in [0, 0.1) is 11.7 Å². The van der Waals surface area contributed by atoms with Crippen molar-refractivity contribution in [2.45, 2.75) is 25.1 Å². The molecule has 5 rings (SSSR count). The van der Waals surface area contributed by atoms with Crippen molar-refractivity contribution in [2.24, 2.45) is 5.92 Å². The van der Waals surface area contributed by atoms with E-state index in [2.05, 4.69) is 10.6 Å². The van der Waals surface area contributed by atoms with E-state index < -0.39 is 29.6 Å². The Hall–Kier alpha value is -3.74. The molecule has 0 aromatic heterocycles. The molecule has 3 aromatic carbocycles. The predicted octanol–water partition coefficient (Wildman–Crippen LogP) is 5.45. The lowest BCUT2D eigenvalue weighted by molar-refractivity contribution is -0.140. The monoisotopic (exact) mass is 672 g/mol. The molecule has 2 saturated heterocycles. The molecule has 2 N–H and O–H groups in total. The van der Waals surface area contributed by atoms with E-state index in [0.717, 1.165) is 11.3 Å². The van der Waals surface area contributed by atoms with Crippen LogP contribution >= 0.6 is 23.2 Å². The molecule has 2 aliphatic heterocycles. The second kappa shape index (κ2) is 14.4. The minimum atomic E-state index is -1.10. The molecule has 4 amide bonds. The smallest absolute Gasteiger partial charge is 0.326 e. The van der Waals surface area contributed by atoms with Gasteiger partial charge in [0.05, 0.1) is 35.6 Å². The van der Waals surface area contributed by atoms with Gasteiger partial charge in [-0.2, -0.15) is 0 Å². The van der Waals surface area contributed by atoms with Crippen molar-refractivity contribution in [3.05, 3.63) is 70.0 Å². The van der Waals surface area contributed by atoms with Crippen LogP contribution in [0.2, 0.25) is 10.0 Å². The van der Waals surface area contributed by atoms with E-state index in [1.165, 1.54) is 32.2 Å². The van der Waals surface area contributed by atoms with E-state index in [9.17, 15) is 14.4 Å². The lowest BCUT2D eigenvalue weighted by Crippen LogP contribution is -2.56. The van der Waals surface area contributed by atoms with E-state index in [-0.39, 0.29) is 35.9 Å². The SMILES string of the molecule is COc1cc(-c2cccc(-c3cccc(NC(=O)C4CN(C)C(=O)N(C)C4=O)c3Cl)c2Cl)cc(F)c1CN[C@H]1CCOC[C@H]1OC. The van der Waals surface area contributed by atoms with E-state index in [1.54, 1.807) is 49.6 Å². The molecule has 13 heteroatoms. The molecular formula is C33H35Cl2FN4O6. The third kappa shape index (κ3) is 6.70. The molecule has 244 valence electrons. The lowest BCUT2D eigenvalue weighted by Gasteiger charge is -2.33. The van der Waals surface area contributed by atoms with E-state index in [0.29, 0.717) is 51.8 Å². The zero-order valence-electron chi connectivity index (χ0n) is 25.9. The van der Waals surface area contributed by atoms with Crippen molar-refractivity contribution < 1.29 is 33.0 Å². The van der Waals surface area contributed by atoms with Crippen LogP contribution in [-0.4, -0.2) is 87.9 Å². The van der Waals surface area contributed by atoms with Crippen LogP contribution in [0.15, 0.2) is 48.5 Å². The molecule has 46 heavy (non-hydrogen) atoms. The number of imide groups is 1. The Labute approximate surface area is 276 Å². The number of hydrogen-bond donors (Lipinski definition) is 2. The molecule has 10 nitrogen and oxygen atoms in total. The summed E-state index contributed by atoms with van der Waals surface area (Å²) in [7, 11) is 5.97. The fourth-order valence-corrected chi connectivity index (χ4v) is 6.37. The summed E-state index contributed by atoms with van der Waals surface area (Å²) in [5.41, 5.74) is 2.77. The number of hydrogen-bond acceptors (Lipinski definition) is 7. The highest BCUT2D eigenvalue weighted by Gasteiger charge is 2.39. The number of carbonyl (C=O) groups is 3. The van der Waals surface area contributed by atoms with Crippen LogP contribution in [0.1, 0.15) is 12.0 Å². The second-order valence-electron chi connectivity index (χ2n) is 11.2. The summed E-state index contributed by atoms with van der Waals surface area (Å²) in [5, 5.41) is 6.62. The third-order valence-corrected chi connectivity index (χ3v) is 9.21. The molecule has 0 radical (unpaired) electrons. The first-order valence-corrected chi connectivity index (χ1v) is 15.4. The van der Waals surface area contributed by atoms with Crippen LogP contribution in [-0.2, 0) is 25.6 Å². The van der Waals surface area contributed by atoms with E-state index in [4.69, 9.17) is 37.4 Å². The van der Waals surface area contributed by atoms with Gasteiger partial charge in [0.2, 0.25) is 11.8 Å². The largest absolute Gasteiger partial charge is 0.496 e. The summed E-state index contributed by atoms with van der Waals surface area (Å²) in [6.45, 7) is 1.24. The fourth-order valence-electron chi connectivity index (χ4n) is 5.76. The van der Waals surface area contributed by atoms with Gasteiger partial charge in [0.1, 0.15) is 17.5 Å². The minimum absolute atomic E-state index is 0.00832. The third-order valence-electron chi connectivity index (χ3n) is 8.39. The van der Waals surface area contributed by atoms with Gasteiger partial charge in [0, 0.05) is 69.2 Å². The van der Waals surface area contributed by atoms with Crippen LogP contribution in [0.3, 0.4) is 0 Å². The lowest BCUT2D eigenvalue weighted by atomic mass is 9.96. The maximum Gasteiger partial charge on any atom is 0.326 e. The van der Waals surface area contributed by atoms with Crippen molar-refractivity contribution in [3.63, 3.8) is 0 Å². The number of nitrogens with zero attached hydrogens (tertiary/aromatic N) is 2. The molecule has 1 unspecified atom stereocenters. The van der Waals surface area contributed by atoms with Gasteiger partial charge in [-0.1, -0.05) is 53.5 Å². The number of carbonyl (C=O) groups excluding carboxylic acids is 3. The highest BCUT2D eigenvalue weighted by atomic mass is 35.5. The highest BCUT2D eigenvalue weighted by Crippen LogP contribution is 2.42. The van der Waals surface area contributed by atoms with Gasteiger partial charge in [-0.3, -0.25) is 14.5 Å². The summed E-state index contributed by atoms with van der Waals surface area (Å²) >= 11 is 13.7. The van der Waals surface area contributed by atoms with Gasteiger partial charge < -0.3 is 29.7 Å². The van der Waals surface area contributed by atoms with Crippen molar-refractivity contribution in [1.82, 2.24) is 15.1 Å². The number of methoxy groups -OCH3 is 2. The Morgan fingerprint density at radius 3 is 2.46 bits per heavy atom. The van der Waals surface area contributed by atoms with Gasteiger partial charge >= 0.3 is 6.03 Å². The van der Waals surface area contributed by atoms with Crippen molar-refractivity contribution in [3.8, 4) is 28.0 Å². The van der Waals surface area contributed by atoms with Crippen molar-refractivity contribution >= 4 is 46.7 Å². The zero-order chi connectivity index (χ0) is 33.1. The Balaban J connectivity index is 1.40. The van der Waals surface area contributed by atoms with Crippen molar-refractivity contribution in [1.29, 1.82) is 0 Å². The number of urea groups is 1. The summed E-state index contributed by atoms with van der Waals surface area (Å²) in [4.78, 5) is 40.1. The average molecular weight is 674 g/mol. The molecule has 3 atom stereocenters. The van der Waals surface area contributed by atoms with Crippen molar-refractivity contribution in [2.75, 3.05) is 53.4 Å². The summed E-state index contributed by atoms with van der Waals surface area (Å²) in [6.07, 6.45) is 0.608. The molecule has 0 saturated carbocycles. The number of nitrogens with one attached hydrogen (secondary N) is 2. The second-order valence-corrected chi connectivity index (χ2v) is 12.0. The topological polar surface area (TPSA) is 109 Å². The summed E-state index contributed by atoms with van der Waals surface area (Å²) < 4.78 is 32.2. The molecule has 2 fully saturated rings. The quantitative estimate of drug-likeness (QED) is 0.291.